The van der Waals surface area contributed by atoms with Crippen LogP contribution in [0.2, 0.25) is 0 Å². The fourth-order valence-electron chi connectivity index (χ4n) is 4.77. The van der Waals surface area contributed by atoms with Crippen LogP contribution in [-0.2, 0) is 11.0 Å². The first kappa shape index (κ1) is 29.3. The second-order valence-electron chi connectivity index (χ2n) is 9.57. The van der Waals surface area contributed by atoms with Crippen LogP contribution in [0, 0.1) is 11.6 Å². The molecule has 1 atom stereocenters. The Hall–Kier alpha value is -3.69. The summed E-state index contributed by atoms with van der Waals surface area (Å²) in [5, 5.41) is 3.81. The molecule has 210 valence electrons. The van der Waals surface area contributed by atoms with Crippen LogP contribution in [0.25, 0.3) is 5.57 Å². The van der Waals surface area contributed by atoms with Crippen LogP contribution in [-0.4, -0.2) is 47.8 Å². The number of likely N-dealkylation sites (tertiary alicyclic amines) is 1. The molecule has 1 saturated heterocycles. The number of piperidine rings is 1. The summed E-state index contributed by atoms with van der Waals surface area (Å²) in [6.45, 7) is 2.78. The van der Waals surface area contributed by atoms with Crippen LogP contribution in [0.4, 0.5) is 8.78 Å². The fraction of sp³-hybridized carbons (Fsp3) is 0.290. The van der Waals surface area contributed by atoms with Crippen molar-refractivity contribution in [3.05, 3.63) is 101 Å². The maximum atomic E-state index is 13.6. The molecular weight excluding hydrogens is 530 g/mol. The van der Waals surface area contributed by atoms with Gasteiger partial charge in [0.1, 0.15) is 17.4 Å². The first-order valence-electron chi connectivity index (χ1n) is 13.3. The van der Waals surface area contributed by atoms with Gasteiger partial charge in [0.25, 0.3) is 0 Å². The van der Waals surface area contributed by atoms with Gasteiger partial charge in [0.05, 0.1) is 23.9 Å². The molecule has 6 nitrogen and oxygen atoms in total. The molecule has 0 radical (unpaired) electrons. The average Bonchev–Trinajstić information content (AvgIpc) is 2.99. The van der Waals surface area contributed by atoms with Crippen molar-refractivity contribution in [2.45, 2.75) is 37.0 Å². The summed E-state index contributed by atoms with van der Waals surface area (Å²) in [5.74, 6) is 5.68. The van der Waals surface area contributed by atoms with Gasteiger partial charge in [0, 0.05) is 13.1 Å². The molecule has 0 aliphatic carbocycles. The van der Waals surface area contributed by atoms with Crippen molar-refractivity contribution in [1.29, 1.82) is 0 Å². The number of nitrogens with two attached hydrogens (primary N) is 1. The zero-order valence-electron chi connectivity index (χ0n) is 22.6. The normalized spacial score (nSPS) is 15.4. The first-order chi connectivity index (χ1) is 19.5. The molecule has 0 spiro atoms. The molecule has 1 fully saturated rings. The fourth-order valence-corrected chi connectivity index (χ4v) is 5.48. The highest BCUT2D eigenvalue weighted by molar-refractivity contribution is 7.83. The van der Waals surface area contributed by atoms with E-state index in [-0.39, 0.29) is 11.6 Å². The predicted octanol–water partition coefficient (Wildman–Crippen LogP) is 6.15. The van der Waals surface area contributed by atoms with Crippen LogP contribution >= 0.6 is 0 Å². The first-order valence-corrected chi connectivity index (χ1v) is 14.4. The maximum absolute atomic E-state index is 13.6. The van der Waals surface area contributed by atoms with E-state index in [9.17, 15) is 13.0 Å². The summed E-state index contributed by atoms with van der Waals surface area (Å²) >= 11 is 0. The van der Waals surface area contributed by atoms with E-state index in [1.807, 2.05) is 0 Å². The molecular formula is C31H34F2N4O2S. The molecule has 1 unspecified atom stereocenters. The monoisotopic (exact) mass is 564 g/mol. The van der Waals surface area contributed by atoms with Gasteiger partial charge in [-0.05, 0) is 104 Å². The minimum absolute atomic E-state index is 0.276. The quantitative estimate of drug-likeness (QED) is 0.131. The van der Waals surface area contributed by atoms with Gasteiger partial charge in [0.15, 0.2) is 11.0 Å². The van der Waals surface area contributed by atoms with Gasteiger partial charge in [-0.25, -0.2) is 13.0 Å². The van der Waals surface area contributed by atoms with Crippen molar-refractivity contribution in [3.63, 3.8) is 0 Å². The highest BCUT2D eigenvalue weighted by Crippen LogP contribution is 2.32. The second-order valence-corrected chi connectivity index (χ2v) is 10.8. The third-order valence-corrected chi connectivity index (χ3v) is 7.93. The topological polar surface area (TPSA) is 80.3 Å². The Morgan fingerprint density at radius 3 is 2.02 bits per heavy atom. The van der Waals surface area contributed by atoms with Crippen LogP contribution in [0.5, 0.6) is 5.75 Å². The van der Waals surface area contributed by atoms with Crippen molar-refractivity contribution in [3.8, 4) is 5.75 Å². The Kier molecular flexibility index (Phi) is 10.7. The number of hydrogen-bond acceptors (Lipinski definition) is 5. The zero-order chi connectivity index (χ0) is 28.3. The van der Waals surface area contributed by atoms with E-state index in [0.29, 0.717) is 22.8 Å². The number of hydrazone groups is 1. The number of unbranched alkanes of at least 4 members (excludes halogenated alkanes) is 1. The summed E-state index contributed by atoms with van der Waals surface area (Å²) in [4.78, 5) is 3.01. The molecule has 0 amide bonds. The highest BCUT2D eigenvalue weighted by Gasteiger charge is 2.19. The number of hydrogen-bond donors (Lipinski definition) is 1. The Labute approximate surface area is 236 Å². The molecule has 0 aromatic heterocycles. The Balaban J connectivity index is 1.28. The molecule has 1 aliphatic rings. The lowest BCUT2D eigenvalue weighted by Crippen LogP contribution is -2.32. The molecule has 9 heteroatoms. The summed E-state index contributed by atoms with van der Waals surface area (Å²) in [6.07, 6.45) is 5.78. The second kappa shape index (κ2) is 14.6. The van der Waals surface area contributed by atoms with E-state index >= 15 is 0 Å². The molecule has 2 N–H and O–H groups in total. The van der Waals surface area contributed by atoms with Gasteiger partial charge in [0.2, 0.25) is 0 Å². The van der Waals surface area contributed by atoms with E-state index in [1.165, 1.54) is 36.1 Å². The Bertz CT molecular complexity index is 1310. The van der Waals surface area contributed by atoms with E-state index < -0.39 is 11.0 Å². The van der Waals surface area contributed by atoms with E-state index in [4.69, 9.17) is 10.6 Å². The SMILES string of the molecule is COc1ccc(S(=O)/N=C/C(CCCCN2CCC(=C(c3ccc(F)cc3)c3ccc(F)cc3)CC2)=N\N)cc1. The molecule has 0 saturated carbocycles. The largest absolute Gasteiger partial charge is 0.497 e. The lowest BCUT2D eigenvalue weighted by atomic mass is 9.88. The lowest BCUT2D eigenvalue weighted by Gasteiger charge is -2.30. The van der Waals surface area contributed by atoms with Gasteiger partial charge in [-0.2, -0.15) is 9.50 Å². The summed E-state index contributed by atoms with van der Waals surface area (Å²) in [5.41, 5.74) is 4.86. The number of benzene rings is 3. The van der Waals surface area contributed by atoms with E-state index in [2.05, 4.69) is 14.4 Å². The molecule has 1 heterocycles. The van der Waals surface area contributed by atoms with Gasteiger partial charge >= 0.3 is 0 Å². The molecule has 3 aromatic rings. The number of nitrogens with zero attached hydrogens (tertiary/aromatic N) is 3. The predicted molar refractivity (Wildman–Crippen MR) is 158 cm³/mol. The number of methoxy groups -OCH3 is 1. The molecule has 4 rings (SSSR count). The number of ether oxygens (including phenoxy) is 1. The van der Waals surface area contributed by atoms with Crippen LogP contribution in [0.3, 0.4) is 0 Å². The summed E-state index contributed by atoms with van der Waals surface area (Å²) in [7, 11) is 0.0422. The van der Waals surface area contributed by atoms with Gasteiger partial charge < -0.3 is 15.5 Å². The Morgan fingerprint density at radius 1 is 0.925 bits per heavy atom. The summed E-state index contributed by atoms with van der Waals surface area (Å²) < 4.78 is 48.8. The van der Waals surface area contributed by atoms with Gasteiger partial charge in [-0.3, -0.25) is 0 Å². The average molecular weight is 565 g/mol. The molecule has 3 aromatic carbocycles. The van der Waals surface area contributed by atoms with E-state index in [1.54, 1.807) is 55.6 Å². The minimum atomic E-state index is -1.54. The van der Waals surface area contributed by atoms with Gasteiger partial charge in [-0.15, -0.1) is 0 Å². The molecule has 0 bridgehead atoms. The third-order valence-electron chi connectivity index (χ3n) is 6.96. The number of halogens is 2. The highest BCUT2D eigenvalue weighted by atomic mass is 32.2. The standard InChI is InChI=1S/C31H34F2N4O2S/c1-39-29-13-15-30(16-14-29)40(38)35-22-28(36-34)4-2-3-19-37-20-17-25(18-21-37)31(23-5-9-26(32)10-6-23)24-7-11-27(33)12-8-24/h5-16,22H,2-4,17-21,34H2,1H3/b35-22+,36-28-. The van der Waals surface area contributed by atoms with Crippen LogP contribution in [0.1, 0.15) is 43.2 Å². The third kappa shape index (κ3) is 8.16. The lowest BCUT2D eigenvalue weighted by molar-refractivity contribution is 0.252. The Morgan fingerprint density at radius 2 is 1.50 bits per heavy atom. The smallest absolute Gasteiger partial charge is 0.172 e. The van der Waals surface area contributed by atoms with Crippen molar-refractivity contribution >= 4 is 28.5 Å². The van der Waals surface area contributed by atoms with Crippen molar-refractivity contribution in [2.75, 3.05) is 26.7 Å². The van der Waals surface area contributed by atoms with Crippen LogP contribution in [0.15, 0.2) is 92.8 Å². The van der Waals surface area contributed by atoms with E-state index in [0.717, 1.165) is 62.0 Å². The van der Waals surface area contributed by atoms with Crippen LogP contribution < -0.4 is 10.6 Å². The molecule has 1 aliphatic heterocycles. The minimum Gasteiger partial charge on any atom is -0.497 e. The van der Waals surface area contributed by atoms with Crippen molar-refractivity contribution in [2.24, 2.45) is 15.3 Å². The van der Waals surface area contributed by atoms with Crippen molar-refractivity contribution < 1.29 is 17.7 Å². The molecule has 40 heavy (non-hydrogen) atoms. The maximum Gasteiger partial charge on any atom is 0.172 e. The number of rotatable bonds is 11. The van der Waals surface area contributed by atoms with Crippen molar-refractivity contribution in [1.82, 2.24) is 4.90 Å². The summed E-state index contributed by atoms with van der Waals surface area (Å²) in [6, 6.07) is 20.0. The van der Waals surface area contributed by atoms with Gasteiger partial charge in [-0.1, -0.05) is 29.8 Å². The zero-order valence-corrected chi connectivity index (χ0v) is 23.4.